The van der Waals surface area contributed by atoms with Crippen LogP contribution in [-0.4, -0.2) is 24.7 Å². The van der Waals surface area contributed by atoms with Gasteiger partial charge >= 0.3 is 6.03 Å². The highest BCUT2D eigenvalue weighted by Crippen LogP contribution is 2.29. The molecule has 7 heteroatoms. The van der Waals surface area contributed by atoms with E-state index in [4.69, 9.17) is 4.74 Å². The van der Waals surface area contributed by atoms with Crippen molar-refractivity contribution >= 4 is 44.1 Å². The Bertz CT molecular complexity index is 896. The lowest BCUT2D eigenvalue weighted by Gasteiger charge is -2.18. The van der Waals surface area contributed by atoms with Crippen LogP contribution in [0.3, 0.4) is 0 Å². The summed E-state index contributed by atoms with van der Waals surface area (Å²) >= 11 is 4.88. The number of carbonyl (C=O) groups excluding carboxylic acids is 1. The van der Waals surface area contributed by atoms with Crippen molar-refractivity contribution in [3.05, 3.63) is 58.4 Å². The summed E-state index contributed by atoms with van der Waals surface area (Å²) in [6, 6.07) is 15.0. The SMILES string of the molecule is CCN(C(=O)Nc1cccc(OC)c1)c1nc(-c2ccc(Br)cc2)cs1. The zero-order valence-electron chi connectivity index (χ0n) is 14.4. The Balaban J connectivity index is 1.77. The molecular formula is C19H18BrN3O2S. The maximum atomic E-state index is 12.7. The van der Waals surface area contributed by atoms with Gasteiger partial charge in [0, 0.05) is 33.7 Å². The van der Waals surface area contributed by atoms with Crippen molar-refractivity contribution < 1.29 is 9.53 Å². The van der Waals surface area contributed by atoms with E-state index >= 15 is 0 Å². The number of halogens is 1. The van der Waals surface area contributed by atoms with Crippen LogP contribution in [0.15, 0.2) is 58.4 Å². The number of amides is 2. The van der Waals surface area contributed by atoms with Crippen LogP contribution in [0, 0.1) is 0 Å². The van der Waals surface area contributed by atoms with Crippen LogP contribution in [0.1, 0.15) is 6.92 Å². The topological polar surface area (TPSA) is 54.5 Å². The number of methoxy groups -OCH3 is 1. The minimum absolute atomic E-state index is 0.225. The lowest BCUT2D eigenvalue weighted by Crippen LogP contribution is -2.34. The number of rotatable bonds is 5. The first-order chi connectivity index (χ1) is 12.6. The van der Waals surface area contributed by atoms with Gasteiger partial charge in [-0.1, -0.05) is 34.1 Å². The Labute approximate surface area is 164 Å². The minimum atomic E-state index is -0.225. The fraction of sp³-hybridized carbons (Fsp3) is 0.158. The first kappa shape index (κ1) is 18.4. The number of ether oxygens (including phenoxy) is 1. The minimum Gasteiger partial charge on any atom is -0.497 e. The highest BCUT2D eigenvalue weighted by molar-refractivity contribution is 9.10. The van der Waals surface area contributed by atoms with Gasteiger partial charge in [0.2, 0.25) is 0 Å². The zero-order chi connectivity index (χ0) is 18.5. The first-order valence-corrected chi connectivity index (χ1v) is 9.72. The predicted molar refractivity (Wildman–Crippen MR) is 110 cm³/mol. The van der Waals surface area contributed by atoms with Crippen molar-refractivity contribution in [3.8, 4) is 17.0 Å². The third kappa shape index (κ3) is 4.23. The lowest BCUT2D eigenvalue weighted by atomic mass is 10.2. The Morgan fingerprint density at radius 3 is 2.73 bits per heavy atom. The van der Waals surface area contributed by atoms with E-state index in [1.165, 1.54) is 11.3 Å². The number of carbonyl (C=O) groups is 1. The zero-order valence-corrected chi connectivity index (χ0v) is 16.8. The molecule has 0 saturated carbocycles. The largest absolute Gasteiger partial charge is 0.497 e. The van der Waals surface area contributed by atoms with Crippen LogP contribution in [0.2, 0.25) is 0 Å². The number of aromatic nitrogens is 1. The van der Waals surface area contributed by atoms with Gasteiger partial charge in [0.05, 0.1) is 12.8 Å². The van der Waals surface area contributed by atoms with Crippen LogP contribution in [0.25, 0.3) is 11.3 Å². The molecule has 3 rings (SSSR count). The van der Waals surface area contributed by atoms with Crippen molar-refractivity contribution in [2.75, 3.05) is 23.9 Å². The van der Waals surface area contributed by atoms with E-state index in [1.807, 2.05) is 54.8 Å². The second kappa shape index (κ2) is 8.33. The van der Waals surface area contributed by atoms with Gasteiger partial charge in [0.15, 0.2) is 5.13 Å². The molecule has 0 aliphatic rings. The van der Waals surface area contributed by atoms with Gasteiger partial charge in [-0.3, -0.25) is 4.90 Å². The predicted octanol–water partition coefficient (Wildman–Crippen LogP) is 5.64. The average Bonchev–Trinajstić information content (AvgIpc) is 3.12. The van der Waals surface area contributed by atoms with Gasteiger partial charge in [-0.25, -0.2) is 9.78 Å². The third-order valence-electron chi connectivity index (χ3n) is 3.75. The molecule has 1 heterocycles. The third-order valence-corrected chi connectivity index (χ3v) is 5.14. The molecule has 0 bridgehead atoms. The van der Waals surface area contributed by atoms with Crippen LogP contribution >= 0.6 is 27.3 Å². The Hall–Kier alpha value is -2.38. The summed E-state index contributed by atoms with van der Waals surface area (Å²) in [4.78, 5) is 18.9. The van der Waals surface area contributed by atoms with E-state index in [-0.39, 0.29) is 6.03 Å². The summed E-state index contributed by atoms with van der Waals surface area (Å²) in [6.45, 7) is 2.44. The molecule has 1 aromatic heterocycles. The summed E-state index contributed by atoms with van der Waals surface area (Å²) in [6.07, 6.45) is 0. The van der Waals surface area contributed by atoms with E-state index < -0.39 is 0 Å². The van der Waals surface area contributed by atoms with E-state index in [0.29, 0.717) is 23.1 Å². The highest BCUT2D eigenvalue weighted by atomic mass is 79.9. The monoisotopic (exact) mass is 431 g/mol. The van der Waals surface area contributed by atoms with Crippen LogP contribution in [0.4, 0.5) is 15.6 Å². The van der Waals surface area contributed by atoms with E-state index in [2.05, 4.69) is 26.2 Å². The number of hydrogen-bond donors (Lipinski definition) is 1. The lowest BCUT2D eigenvalue weighted by molar-refractivity contribution is 0.257. The molecule has 134 valence electrons. The van der Waals surface area contributed by atoms with Crippen LogP contribution in [0.5, 0.6) is 5.75 Å². The molecule has 0 radical (unpaired) electrons. The van der Waals surface area contributed by atoms with Gasteiger partial charge in [-0.05, 0) is 31.2 Å². The summed E-state index contributed by atoms with van der Waals surface area (Å²) in [5.74, 6) is 0.692. The molecule has 0 spiro atoms. The van der Waals surface area contributed by atoms with E-state index in [1.54, 1.807) is 18.1 Å². The molecular weight excluding hydrogens is 414 g/mol. The van der Waals surface area contributed by atoms with Gasteiger partial charge in [-0.2, -0.15) is 0 Å². The van der Waals surface area contributed by atoms with E-state index in [9.17, 15) is 4.79 Å². The van der Waals surface area contributed by atoms with Gasteiger partial charge in [0.1, 0.15) is 5.75 Å². The molecule has 0 fully saturated rings. The number of urea groups is 1. The number of nitrogens with zero attached hydrogens (tertiary/aromatic N) is 2. The molecule has 3 aromatic rings. The second-order valence-electron chi connectivity index (χ2n) is 5.43. The molecule has 2 aromatic carbocycles. The Morgan fingerprint density at radius 1 is 1.27 bits per heavy atom. The molecule has 0 saturated heterocycles. The van der Waals surface area contributed by atoms with Crippen molar-refractivity contribution in [1.29, 1.82) is 0 Å². The highest BCUT2D eigenvalue weighted by Gasteiger charge is 2.18. The number of benzene rings is 2. The van der Waals surface area contributed by atoms with Crippen molar-refractivity contribution in [1.82, 2.24) is 4.98 Å². The normalized spacial score (nSPS) is 10.4. The molecule has 0 unspecified atom stereocenters. The molecule has 0 aliphatic heterocycles. The maximum absolute atomic E-state index is 12.7. The quantitative estimate of drug-likeness (QED) is 0.568. The van der Waals surface area contributed by atoms with Gasteiger partial charge in [0.25, 0.3) is 0 Å². The molecule has 5 nitrogen and oxygen atoms in total. The molecule has 0 aliphatic carbocycles. The Morgan fingerprint density at radius 2 is 2.04 bits per heavy atom. The summed E-state index contributed by atoms with van der Waals surface area (Å²) in [5, 5.41) is 5.51. The summed E-state index contributed by atoms with van der Waals surface area (Å²) in [5.41, 5.74) is 2.54. The average molecular weight is 432 g/mol. The number of hydrogen-bond acceptors (Lipinski definition) is 4. The molecule has 26 heavy (non-hydrogen) atoms. The molecule has 1 N–H and O–H groups in total. The van der Waals surface area contributed by atoms with Crippen LogP contribution in [-0.2, 0) is 0 Å². The smallest absolute Gasteiger partial charge is 0.328 e. The fourth-order valence-corrected chi connectivity index (χ4v) is 3.56. The fourth-order valence-electron chi connectivity index (χ4n) is 2.40. The van der Waals surface area contributed by atoms with Gasteiger partial charge < -0.3 is 10.1 Å². The van der Waals surface area contributed by atoms with Crippen molar-refractivity contribution in [2.45, 2.75) is 6.92 Å². The summed E-state index contributed by atoms with van der Waals surface area (Å²) < 4.78 is 6.21. The van der Waals surface area contributed by atoms with Gasteiger partial charge in [-0.15, -0.1) is 11.3 Å². The summed E-state index contributed by atoms with van der Waals surface area (Å²) in [7, 11) is 1.60. The Kier molecular flexibility index (Phi) is 5.90. The number of anilines is 2. The van der Waals surface area contributed by atoms with E-state index in [0.717, 1.165) is 15.7 Å². The number of nitrogens with one attached hydrogen (secondary N) is 1. The first-order valence-electron chi connectivity index (χ1n) is 8.04. The van der Waals surface area contributed by atoms with Crippen molar-refractivity contribution in [3.63, 3.8) is 0 Å². The maximum Gasteiger partial charge on any atom is 0.328 e. The molecule has 0 atom stereocenters. The second-order valence-corrected chi connectivity index (χ2v) is 7.18. The standard InChI is InChI=1S/C19H18BrN3O2S/c1-3-23(18(24)21-15-5-4-6-16(11-15)25-2)19-22-17(12-26-19)13-7-9-14(20)10-8-13/h4-12H,3H2,1-2H3,(H,21,24). The molecule has 2 amide bonds. The van der Waals surface area contributed by atoms with Crippen molar-refractivity contribution in [2.24, 2.45) is 0 Å². The van der Waals surface area contributed by atoms with Crippen LogP contribution < -0.4 is 15.0 Å². The number of thiazole rings is 1.